The Balaban J connectivity index is 2.10. The first-order chi connectivity index (χ1) is 9.39. The van der Waals surface area contributed by atoms with Gasteiger partial charge in [-0.25, -0.2) is 4.79 Å². The fraction of sp³-hybridized carbons (Fsp3) is 0.857. The van der Waals surface area contributed by atoms with E-state index < -0.39 is 11.5 Å². The Morgan fingerprint density at radius 3 is 2.50 bits per heavy atom. The summed E-state index contributed by atoms with van der Waals surface area (Å²) in [5, 5.41) is 14.3. The minimum atomic E-state index is -0.842. The van der Waals surface area contributed by atoms with Crippen LogP contribution in [0, 0.1) is 0 Å². The predicted octanol–water partition coefficient (Wildman–Crippen LogP) is 1.41. The van der Waals surface area contributed by atoms with E-state index in [0.29, 0.717) is 13.0 Å². The van der Waals surface area contributed by atoms with Gasteiger partial charge in [0.25, 0.3) is 0 Å². The number of nitrogens with one attached hydrogen (secondary N) is 2. The molecule has 0 atom stereocenters. The predicted molar refractivity (Wildman–Crippen MR) is 77.8 cm³/mol. The van der Waals surface area contributed by atoms with Gasteiger partial charge in [0.15, 0.2) is 0 Å². The van der Waals surface area contributed by atoms with Crippen molar-refractivity contribution in [1.29, 1.82) is 0 Å². The molecule has 116 valence electrons. The van der Waals surface area contributed by atoms with Crippen molar-refractivity contribution < 1.29 is 14.7 Å². The third-order valence-corrected chi connectivity index (χ3v) is 3.55. The quantitative estimate of drug-likeness (QED) is 0.589. The molecule has 1 rings (SSSR count). The van der Waals surface area contributed by atoms with Crippen LogP contribution in [0.2, 0.25) is 0 Å². The molecule has 1 saturated heterocycles. The van der Waals surface area contributed by atoms with Crippen molar-refractivity contribution in [1.82, 2.24) is 15.5 Å². The highest BCUT2D eigenvalue weighted by Gasteiger charge is 2.21. The summed E-state index contributed by atoms with van der Waals surface area (Å²) in [4.78, 5) is 24.7. The van der Waals surface area contributed by atoms with Crippen LogP contribution in [-0.4, -0.2) is 53.7 Å². The van der Waals surface area contributed by atoms with Gasteiger partial charge in [-0.3, -0.25) is 4.79 Å². The Morgan fingerprint density at radius 2 is 1.90 bits per heavy atom. The summed E-state index contributed by atoms with van der Waals surface area (Å²) in [5.41, 5.74) is -0.503. The topological polar surface area (TPSA) is 81.7 Å². The van der Waals surface area contributed by atoms with Crippen LogP contribution in [-0.2, 0) is 4.79 Å². The number of aliphatic carboxylic acids is 1. The molecular formula is C14H27N3O3. The smallest absolute Gasteiger partial charge is 0.315 e. The van der Waals surface area contributed by atoms with Gasteiger partial charge in [0, 0.05) is 18.5 Å². The van der Waals surface area contributed by atoms with Crippen LogP contribution in [0.3, 0.4) is 0 Å². The van der Waals surface area contributed by atoms with Crippen molar-refractivity contribution in [2.45, 2.75) is 51.5 Å². The summed E-state index contributed by atoms with van der Waals surface area (Å²) < 4.78 is 0. The van der Waals surface area contributed by atoms with Gasteiger partial charge in [0.05, 0.1) is 0 Å². The second kappa shape index (κ2) is 8.09. The summed E-state index contributed by atoms with van der Waals surface area (Å²) in [6, 6.07) is -0.221. The molecule has 3 N–H and O–H groups in total. The van der Waals surface area contributed by atoms with E-state index in [1.165, 1.54) is 25.9 Å². The SMILES string of the molecule is CC(C)(CCC(=O)O)NC(=O)NCCCN1CCCC1. The molecule has 1 fully saturated rings. The summed E-state index contributed by atoms with van der Waals surface area (Å²) in [7, 11) is 0. The molecule has 0 aromatic rings. The van der Waals surface area contributed by atoms with Gasteiger partial charge in [0.2, 0.25) is 0 Å². The number of rotatable bonds is 8. The number of nitrogens with zero attached hydrogens (tertiary/aromatic N) is 1. The second-order valence-corrected chi connectivity index (χ2v) is 6.06. The number of hydrogen-bond donors (Lipinski definition) is 3. The number of carbonyl (C=O) groups excluding carboxylic acids is 1. The van der Waals surface area contributed by atoms with E-state index in [4.69, 9.17) is 5.11 Å². The van der Waals surface area contributed by atoms with Gasteiger partial charge in [0.1, 0.15) is 0 Å². The molecule has 1 aliphatic rings. The molecule has 6 heteroatoms. The van der Waals surface area contributed by atoms with Crippen LogP contribution >= 0.6 is 0 Å². The van der Waals surface area contributed by atoms with Gasteiger partial charge in [-0.05, 0) is 59.2 Å². The van der Waals surface area contributed by atoms with Crippen LogP contribution in [0.5, 0.6) is 0 Å². The molecule has 20 heavy (non-hydrogen) atoms. The highest BCUT2D eigenvalue weighted by atomic mass is 16.4. The van der Waals surface area contributed by atoms with Crippen molar-refractivity contribution in [3.05, 3.63) is 0 Å². The second-order valence-electron chi connectivity index (χ2n) is 6.06. The lowest BCUT2D eigenvalue weighted by Crippen LogP contribution is -2.48. The van der Waals surface area contributed by atoms with Gasteiger partial charge in [-0.1, -0.05) is 0 Å². The van der Waals surface area contributed by atoms with Crippen molar-refractivity contribution in [2.75, 3.05) is 26.2 Å². The van der Waals surface area contributed by atoms with Crippen LogP contribution in [0.1, 0.15) is 46.0 Å². The maximum Gasteiger partial charge on any atom is 0.315 e. The molecule has 0 aromatic carbocycles. The van der Waals surface area contributed by atoms with Gasteiger partial charge < -0.3 is 20.6 Å². The zero-order valence-corrected chi connectivity index (χ0v) is 12.6. The zero-order chi connectivity index (χ0) is 15.0. The van der Waals surface area contributed by atoms with Crippen LogP contribution in [0.15, 0.2) is 0 Å². The summed E-state index contributed by atoms with van der Waals surface area (Å²) in [5.74, 6) is -0.842. The molecule has 1 heterocycles. The van der Waals surface area contributed by atoms with E-state index in [1.807, 2.05) is 13.8 Å². The van der Waals surface area contributed by atoms with E-state index in [9.17, 15) is 9.59 Å². The van der Waals surface area contributed by atoms with Crippen molar-refractivity contribution in [2.24, 2.45) is 0 Å². The Hall–Kier alpha value is -1.30. The molecule has 0 unspecified atom stereocenters. The first-order valence-electron chi connectivity index (χ1n) is 7.39. The summed E-state index contributed by atoms with van der Waals surface area (Å²) >= 11 is 0. The highest BCUT2D eigenvalue weighted by molar-refractivity contribution is 5.74. The minimum Gasteiger partial charge on any atom is -0.481 e. The molecule has 0 aromatic heterocycles. The molecular weight excluding hydrogens is 258 g/mol. The molecule has 1 aliphatic heterocycles. The van der Waals surface area contributed by atoms with E-state index >= 15 is 0 Å². The average molecular weight is 285 g/mol. The maximum atomic E-state index is 11.7. The number of carbonyl (C=O) groups is 2. The van der Waals surface area contributed by atoms with Crippen LogP contribution < -0.4 is 10.6 Å². The van der Waals surface area contributed by atoms with E-state index in [-0.39, 0.29) is 12.5 Å². The number of carboxylic acid groups (broad SMARTS) is 1. The molecule has 6 nitrogen and oxygen atoms in total. The Bertz CT molecular complexity index is 326. The maximum absolute atomic E-state index is 11.7. The first kappa shape index (κ1) is 16.8. The number of hydrogen-bond acceptors (Lipinski definition) is 3. The van der Waals surface area contributed by atoms with Crippen molar-refractivity contribution in [3.8, 4) is 0 Å². The highest BCUT2D eigenvalue weighted by Crippen LogP contribution is 2.11. The van der Waals surface area contributed by atoms with Crippen LogP contribution in [0.25, 0.3) is 0 Å². The van der Waals surface area contributed by atoms with Gasteiger partial charge >= 0.3 is 12.0 Å². The lowest BCUT2D eigenvalue weighted by Gasteiger charge is -2.25. The number of amides is 2. The van der Waals surface area contributed by atoms with Gasteiger partial charge in [-0.15, -0.1) is 0 Å². The normalized spacial score (nSPS) is 16.1. The number of urea groups is 1. The first-order valence-corrected chi connectivity index (χ1v) is 7.39. The molecule has 0 spiro atoms. The summed E-state index contributed by atoms with van der Waals surface area (Å²) in [6.07, 6.45) is 3.99. The van der Waals surface area contributed by atoms with Gasteiger partial charge in [-0.2, -0.15) is 0 Å². The Morgan fingerprint density at radius 1 is 1.25 bits per heavy atom. The average Bonchev–Trinajstić information content (AvgIpc) is 2.85. The minimum absolute atomic E-state index is 0.0578. The summed E-state index contributed by atoms with van der Waals surface area (Å²) in [6.45, 7) is 7.70. The standard InChI is InChI=1S/C14H27N3O3/c1-14(2,7-6-12(18)19)16-13(20)15-8-5-11-17-9-3-4-10-17/h3-11H2,1-2H3,(H,18,19)(H2,15,16,20). The number of carboxylic acids is 1. The largest absolute Gasteiger partial charge is 0.481 e. The third kappa shape index (κ3) is 7.33. The van der Waals surface area contributed by atoms with Crippen molar-refractivity contribution >= 4 is 12.0 Å². The Kier molecular flexibility index (Phi) is 6.78. The fourth-order valence-electron chi connectivity index (χ4n) is 2.34. The van der Waals surface area contributed by atoms with Crippen molar-refractivity contribution in [3.63, 3.8) is 0 Å². The lowest BCUT2D eigenvalue weighted by atomic mass is 9.99. The van der Waals surface area contributed by atoms with Crippen LogP contribution in [0.4, 0.5) is 4.79 Å². The third-order valence-electron chi connectivity index (χ3n) is 3.55. The zero-order valence-electron chi connectivity index (χ0n) is 12.6. The molecule has 0 aliphatic carbocycles. The number of likely N-dealkylation sites (tertiary alicyclic amines) is 1. The fourth-order valence-corrected chi connectivity index (χ4v) is 2.34. The van der Waals surface area contributed by atoms with E-state index in [1.54, 1.807) is 0 Å². The molecule has 0 saturated carbocycles. The van der Waals surface area contributed by atoms with E-state index in [0.717, 1.165) is 13.0 Å². The monoisotopic (exact) mass is 285 g/mol. The molecule has 0 radical (unpaired) electrons. The van der Waals surface area contributed by atoms with E-state index in [2.05, 4.69) is 15.5 Å². The molecule has 2 amide bonds. The lowest BCUT2D eigenvalue weighted by molar-refractivity contribution is -0.137. The Labute approximate surface area is 120 Å². The molecule has 0 bridgehead atoms.